The fraction of sp³-hybridized carbons (Fsp3) is 0.385. The number of sulfonamides is 1. The van der Waals surface area contributed by atoms with Crippen LogP contribution in [0.3, 0.4) is 0 Å². The molecule has 1 rings (SSSR count). The van der Waals surface area contributed by atoms with Crippen molar-refractivity contribution >= 4 is 10.0 Å². The first-order valence-corrected chi connectivity index (χ1v) is 7.30. The largest absolute Gasteiger partial charge is 0.495 e. The predicted octanol–water partition coefficient (Wildman–Crippen LogP) is -0.0363. The Kier molecular flexibility index (Phi) is 6.48. The van der Waals surface area contributed by atoms with Gasteiger partial charge >= 0.3 is 0 Å². The maximum absolute atomic E-state index is 12.2. The van der Waals surface area contributed by atoms with Gasteiger partial charge in [-0.3, -0.25) is 0 Å². The summed E-state index contributed by atoms with van der Waals surface area (Å²) in [6.45, 7) is 0.139. The quantitative estimate of drug-likeness (QED) is 0.569. The average molecular weight is 299 g/mol. The van der Waals surface area contributed by atoms with E-state index in [1.165, 1.54) is 26.4 Å². The Morgan fingerprint density at radius 2 is 2.10 bits per heavy atom. The summed E-state index contributed by atoms with van der Waals surface area (Å²) in [7, 11) is -0.831. The van der Waals surface area contributed by atoms with Gasteiger partial charge in [-0.05, 0) is 18.2 Å². The molecule has 0 saturated carbocycles. The number of hydrogen-bond acceptors (Lipinski definition) is 5. The van der Waals surface area contributed by atoms with E-state index < -0.39 is 10.0 Å². The van der Waals surface area contributed by atoms with Gasteiger partial charge in [0, 0.05) is 19.2 Å². The Hall–Kier alpha value is -1.59. The molecular weight excluding hydrogens is 282 g/mol. The Bertz CT molecular complexity index is 601. The molecule has 0 amide bonds. The molecule has 6 nitrogen and oxygen atoms in total. The predicted molar refractivity (Wildman–Crippen MR) is 74.0 cm³/mol. The van der Waals surface area contributed by atoms with E-state index in [0.717, 1.165) is 0 Å². The first-order chi connectivity index (χ1) is 9.55. The summed E-state index contributed by atoms with van der Waals surface area (Å²) in [4.78, 5) is 0.000780. The lowest BCUT2D eigenvalue weighted by molar-refractivity contribution is 0.204. The molecule has 0 bridgehead atoms. The molecule has 0 heterocycles. The van der Waals surface area contributed by atoms with Crippen molar-refractivity contribution in [1.82, 2.24) is 4.72 Å². The van der Waals surface area contributed by atoms with Crippen LogP contribution in [0.1, 0.15) is 5.56 Å². The molecule has 0 saturated heterocycles. The van der Waals surface area contributed by atoms with E-state index in [0.29, 0.717) is 5.56 Å². The van der Waals surface area contributed by atoms with Crippen molar-refractivity contribution in [3.05, 3.63) is 23.8 Å². The molecule has 0 atom stereocenters. The van der Waals surface area contributed by atoms with Crippen molar-refractivity contribution in [1.29, 1.82) is 0 Å². The second kappa shape index (κ2) is 7.87. The van der Waals surface area contributed by atoms with Crippen LogP contribution in [0.5, 0.6) is 5.75 Å². The summed E-state index contributed by atoms with van der Waals surface area (Å²) in [6.07, 6.45) is 0. The van der Waals surface area contributed by atoms with Gasteiger partial charge in [-0.15, -0.1) is 0 Å². The van der Waals surface area contributed by atoms with E-state index in [4.69, 9.17) is 14.6 Å². The topological polar surface area (TPSA) is 84.9 Å². The van der Waals surface area contributed by atoms with Crippen LogP contribution in [0.15, 0.2) is 23.1 Å². The molecule has 0 fully saturated rings. The Labute approximate surface area is 118 Å². The molecule has 0 spiro atoms. The highest BCUT2D eigenvalue weighted by atomic mass is 32.2. The van der Waals surface area contributed by atoms with Gasteiger partial charge < -0.3 is 14.6 Å². The van der Waals surface area contributed by atoms with Gasteiger partial charge in [-0.1, -0.05) is 11.8 Å². The van der Waals surface area contributed by atoms with Gasteiger partial charge in [0.1, 0.15) is 17.3 Å². The van der Waals surface area contributed by atoms with Crippen LogP contribution in [-0.4, -0.2) is 47.5 Å². The summed E-state index contributed by atoms with van der Waals surface area (Å²) in [5.74, 6) is 5.34. The van der Waals surface area contributed by atoms with Crippen molar-refractivity contribution < 1.29 is 23.0 Å². The summed E-state index contributed by atoms with van der Waals surface area (Å²) in [5.41, 5.74) is 0.479. The van der Waals surface area contributed by atoms with Crippen molar-refractivity contribution in [2.75, 3.05) is 34.0 Å². The molecule has 20 heavy (non-hydrogen) atoms. The molecular formula is C13H17NO5S. The maximum atomic E-state index is 12.2. The standard InChI is InChI=1S/C13H17NO5S/c1-18-9-7-14-20(16,17)13-10-11(4-3-8-15)5-6-12(13)19-2/h5-6,10,14-15H,7-9H2,1-2H3. The smallest absolute Gasteiger partial charge is 0.244 e. The van der Waals surface area contributed by atoms with E-state index in [-0.39, 0.29) is 30.4 Å². The van der Waals surface area contributed by atoms with E-state index >= 15 is 0 Å². The van der Waals surface area contributed by atoms with Crippen LogP contribution in [-0.2, 0) is 14.8 Å². The Balaban J connectivity index is 3.12. The monoisotopic (exact) mass is 299 g/mol. The van der Waals surface area contributed by atoms with Gasteiger partial charge in [0.15, 0.2) is 0 Å². The summed E-state index contributed by atoms with van der Waals surface area (Å²) in [6, 6.07) is 4.54. The Morgan fingerprint density at radius 1 is 1.35 bits per heavy atom. The molecule has 0 aromatic heterocycles. The van der Waals surface area contributed by atoms with Crippen LogP contribution < -0.4 is 9.46 Å². The molecule has 7 heteroatoms. The van der Waals surface area contributed by atoms with Crippen LogP contribution >= 0.6 is 0 Å². The Morgan fingerprint density at radius 3 is 2.70 bits per heavy atom. The summed E-state index contributed by atoms with van der Waals surface area (Å²) >= 11 is 0. The van der Waals surface area contributed by atoms with Crippen LogP contribution in [0.4, 0.5) is 0 Å². The molecule has 1 aromatic carbocycles. The fourth-order valence-corrected chi connectivity index (χ4v) is 2.67. The van der Waals surface area contributed by atoms with E-state index in [1.807, 2.05) is 0 Å². The third-order valence-electron chi connectivity index (χ3n) is 2.36. The lowest BCUT2D eigenvalue weighted by Gasteiger charge is -2.11. The number of benzene rings is 1. The summed E-state index contributed by atoms with van der Waals surface area (Å²) < 4.78 is 36.6. The molecule has 0 radical (unpaired) electrons. The molecule has 2 N–H and O–H groups in total. The third-order valence-corrected chi connectivity index (χ3v) is 3.85. The zero-order valence-electron chi connectivity index (χ0n) is 11.3. The second-order valence-corrected chi connectivity index (χ2v) is 5.45. The number of aliphatic hydroxyl groups excluding tert-OH is 1. The van der Waals surface area contributed by atoms with Gasteiger partial charge in [-0.2, -0.15) is 0 Å². The highest BCUT2D eigenvalue weighted by molar-refractivity contribution is 7.89. The number of ether oxygens (including phenoxy) is 2. The number of aliphatic hydroxyl groups is 1. The molecule has 110 valence electrons. The lowest BCUT2D eigenvalue weighted by Crippen LogP contribution is -2.27. The minimum atomic E-state index is -3.71. The highest BCUT2D eigenvalue weighted by Crippen LogP contribution is 2.24. The van der Waals surface area contributed by atoms with Gasteiger partial charge in [0.05, 0.1) is 13.7 Å². The lowest BCUT2D eigenvalue weighted by atomic mass is 10.2. The maximum Gasteiger partial charge on any atom is 0.244 e. The minimum absolute atomic E-state index is 0.000780. The molecule has 0 unspecified atom stereocenters. The molecule has 0 aliphatic rings. The number of hydrogen-bond donors (Lipinski definition) is 2. The van der Waals surface area contributed by atoms with Crippen LogP contribution in [0.25, 0.3) is 0 Å². The average Bonchev–Trinajstić information content (AvgIpc) is 2.45. The highest BCUT2D eigenvalue weighted by Gasteiger charge is 2.19. The summed E-state index contributed by atoms with van der Waals surface area (Å²) in [5, 5.41) is 8.66. The third kappa shape index (κ3) is 4.51. The van der Waals surface area contributed by atoms with Crippen molar-refractivity contribution in [3.63, 3.8) is 0 Å². The first-order valence-electron chi connectivity index (χ1n) is 5.81. The van der Waals surface area contributed by atoms with Crippen LogP contribution in [0.2, 0.25) is 0 Å². The number of nitrogens with one attached hydrogen (secondary N) is 1. The van der Waals surface area contributed by atoms with Gasteiger partial charge in [0.2, 0.25) is 10.0 Å². The SMILES string of the molecule is COCCNS(=O)(=O)c1cc(C#CCO)ccc1OC. The van der Waals surface area contributed by atoms with E-state index in [9.17, 15) is 8.42 Å². The van der Waals surface area contributed by atoms with Gasteiger partial charge in [0.25, 0.3) is 0 Å². The van der Waals surface area contributed by atoms with E-state index in [1.54, 1.807) is 6.07 Å². The van der Waals surface area contributed by atoms with Gasteiger partial charge in [-0.25, -0.2) is 13.1 Å². The minimum Gasteiger partial charge on any atom is -0.495 e. The van der Waals surface area contributed by atoms with E-state index in [2.05, 4.69) is 16.6 Å². The first kappa shape index (κ1) is 16.5. The normalized spacial score (nSPS) is 10.8. The van der Waals surface area contributed by atoms with Crippen molar-refractivity contribution in [2.24, 2.45) is 0 Å². The zero-order valence-corrected chi connectivity index (χ0v) is 12.2. The zero-order chi connectivity index (χ0) is 15.0. The number of methoxy groups -OCH3 is 2. The fourth-order valence-electron chi connectivity index (χ4n) is 1.46. The van der Waals surface area contributed by atoms with Crippen LogP contribution in [0, 0.1) is 11.8 Å². The van der Waals surface area contributed by atoms with Crippen molar-refractivity contribution in [2.45, 2.75) is 4.90 Å². The molecule has 0 aliphatic heterocycles. The second-order valence-electron chi connectivity index (χ2n) is 3.72. The molecule has 1 aromatic rings. The number of rotatable bonds is 6. The molecule has 0 aliphatic carbocycles. The van der Waals surface area contributed by atoms with Crippen molar-refractivity contribution in [3.8, 4) is 17.6 Å².